The van der Waals surface area contributed by atoms with Crippen molar-refractivity contribution in [1.82, 2.24) is 4.90 Å². The lowest BCUT2D eigenvalue weighted by Gasteiger charge is -2.25. The van der Waals surface area contributed by atoms with Crippen molar-refractivity contribution in [3.63, 3.8) is 0 Å². The lowest BCUT2D eigenvalue weighted by atomic mass is 10.0. The maximum atomic E-state index is 12.8. The Morgan fingerprint density at radius 3 is 2.31 bits per heavy atom. The van der Waals surface area contributed by atoms with Crippen LogP contribution in [0, 0.1) is 0 Å². The monoisotopic (exact) mass is 384 g/mol. The third-order valence-corrected chi connectivity index (χ3v) is 6.14. The molecular formula is C25H24N2O2. The predicted octanol–water partition coefficient (Wildman–Crippen LogP) is 4.00. The molecule has 2 atom stereocenters. The van der Waals surface area contributed by atoms with E-state index in [0.717, 1.165) is 54.0 Å². The molecule has 1 amide bonds. The smallest absolute Gasteiger partial charge is 0.254 e. The van der Waals surface area contributed by atoms with Crippen LogP contribution in [0.15, 0.2) is 78.9 Å². The van der Waals surface area contributed by atoms with E-state index >= 15 is 0 Å². The van der Waals surface area contributed by atoms with E-state index in [1.54, 1.807) is 0 Å². The highest BCUT2D eigenvalue weighted by Gasteiger charge is 2.36. The van der Waals surface area contributed by atoms with Crippen molar-refractivity contribution in [3.05, 3.63) is 101 Å². The first-order chi connectivity index (χ1) is 14.2. The fourth-order valence-corrected chi connectivity index (χ4v) is 4.50. The van der Waals surface area contributed by atoms with E-state index in [1.807, 2.05) is 65.6 Å². The second-order valence-corrected chi connectivity index (χ2v) is 7.88. The first-order valence-corrected chi connectivity index (χ1v) is 10.2. The summed E-state index contributed by atoms with van der Waals surface area (Å²) in [6.45, 7) is 2.50. The summed E-state index contributed by atoms with van der Waals surface area (Å²) in [5.74, 6) is 0.161. The average molecular weight is 384 g/mol. The normalized spacial score (nSPS) is 19.5. The highest BCUT2D eigenvalue weighted by Crippen LogP contribution is 2.31. The van der Waals surface area contributed by atoms with Crippen LogP contribution in [0.5, 0.6) is 0 Å². The zero-order valence-electron chi connectivity index (χ0n) is 16.2. The zero-order chi connectivity index (χ0) is 19.8. The molecule has 4 heteroatoms. The van der Waals surface area contributed by atoms with Crippen LogP contribution >= 0.6 is 0 Å². The number of fused-ring (bicyclic) bond motifs is 1. The number of amides is 1. The molecule has 2 unspecified atom stereocenters. The quantitative estimate of drug-likeness (QED) is 0.739. The minimum absolute atomic E-state index is 0.161. The third-order valence-electron chi connectivity index (χ3n) is 6.14. The molecule has 1 saturated heterocycles. The Morgan fingerprint density at radius 1 is 0.862 bits per heavy atom. The van der Waals surface area contributed by atoms with Gasteiger partial charge in [-0.05, 0) is 41.3 Å². The van der Waals surface area contributed by atoms with E-state index in [2.05, 4.69) is 23.1 Å². The van der Waals surface area contributed by atoms with E-state index in [1.165, 1.54) is 0 Å². The van der Waals surface area contributed by atoms with E-state index in [4.69, 9.17) is 0 Å². The van der Waals surface area contributed by atoms with Crippen LogP contribution in [0.2, 0.25) is 0 Å². The standard InChI is InChI=1S/C25H24N2O2/c28-24(18-6-2-1-3-7-18)19-10-12-21(13-11-19)26-15-14-22(17-26)27-16-20-8-4-5-9-23(20)25(27)29/h1-13,22,24,28H,14-17H2. The van der Waals surface area contributed by atoms with Gasteiger partial charge in [0.15, 0.2) is 0 Å². The summed E-state index contributed by atoms with van der Waals surface area (Å²) in [5.41, 5.74) is 4.91. The lowest BCUT2D eigenvalue weighted by molar-refractivity contribution is 0.0718. The summed E-state index contributed by atoms with van der Waals surface area (Å²) >= 11 is 0. The van der Waals surface area contributed by atoms with Crippen molar-refractivity contribution in [2.24, 2.45) is 0 Å². The largest absolute Gasteiger partial charge is 0.384 e. The fraction of sp³-hybridized carbons (Fsp3) is 0.240. The van der Waals surface area contributed by atoms with Crippen LogP contribution in [-0.2, 0) is 6.54 Å². The summed E-state index contributed by atoms with van der Waals surface area (Å²) in [6, 6.07) is 26.0. The van der Waals surface area contributed by atoms with Gasteiger partial charge >= 0.3 is 0 Å². The summed E-state index contributed by atoms with van der Waals surface area (Å²) in [5, 5.41) is 10.6. The molecule has 4 nitrogen and oxygen atoms in total. The molecule has 2 aliphatic rings. The molecule has 1 N–H and O–H groups in total. The number of benzene rings is 3. The van der Waals surface area contributed by atoms with Crippen LogP contribution in [0.1, 0.15) is 39.6 Å². The summed E-state index contributed by atoms with van der Waals surface area (Å²) < 4.78 is 0. The van der Waals surface area contributed by atoms with E-state index in [-0.39, 0.29) is 11.9 Å². The minimum Gasteiger partial charge on any atom is -0.384 e. The van der Waals surface area contributed by atoms with Gasteiger partial charge in [0.1, 0.15) is 6.10 Å². The van der Waals surface area contributed by atoms with E-state index in [0.29, 0.717) is 0 Å². The Morgan fingerprint density at radius 2 is 1.55 bits per heavy atom. The molecule has 2 heterocycles. The maximum absolute atomic E-state index is 12.8. The molecule has 3 aromatic carbocycles. The van der Waals surface area contributed by atoms with Crippen molar-refractivity contribution in [3.8, 4) is 0 Å². The van der Waals surface area contributed by atoms with Crippen molar-refractivity contribution in [1.29, 1.82) is 0 Å². The molecule has 5 rings (SSSR count). The summed E-state index contributed by atoms with van der Waals surface area (Å²) in [6.07, 6.45) is 0.367. The summed E-state index contributed by atoms with van der Waals surface area (Å²) in [7, 11) is 0. The van der Waals surface area contributed by atoms with Gasteiger partial charge in [-0.2, -0.15) is 0 Å². The predicted molar refractivity (Wildman–Crippen MR) is 114 cm³/mol. The second-order valence-electron chi connectivity index (χ2n) is 7.88. The first kappa shape index (κ1) is 18.0. The van der Waals surface area contributed by atoms with Gasteiger partial charge in [-0.1, -0.05) is 60.7 Å². The van der Waals surface area contributed by atoms with Gasteiger partial charge in [0.25, 0.3) is 5.91 Å². The van der Waals surface area contributed by atoms with Gasteiger partial charge in [0.2, 0.25) is 0 Å². The average Bonchev–Trinajstić information content (AvgIpc) is 3.39. The molecule has 0 radical (unpaired) electrons. The van der Waals surface area contributed by atoms with Crippen LogP contribution in [-0.4, -0.2) is 35.0 Å². The zero-order valence-corrected chi connectivity index (χ0v) is 16.2. The molecular weight excluding hydrogens is 360 g/mol. The Hall–Kier alpha value is -3.11. The Bertz CT molecular complexity index is 1020. The number of aliphatic hydroxyl groups is 1. The number of anilines is 1. The number of hydrogen-bond donors (Lipinski definition) is 1. The summed E-state index contributed by atoms with van der Waals surface area (Å²) in [4.78, 5) is 17.1. The van der Waals surface area contributed by atoms with Gasteiger partial charge in [0.05, 0.1) is 6.04 Å². The number of rotatable bonds is 4. The molecule has 2 aliphatic heterocycles. The number of carbonyl (C=O) groups is 1. The number of nitrogens with zero attached hydrogens (tertiary/aromatic N) is 2. The number of aliphatic hydroxyl groups excluding tert-OH is 1. The molecule has 3 aromatic rings. The van der Waals surface area contributed by atoms with Crippen LogP contribution in [0.25, 0.3) is 0 Å². The molecule has 0 spiro atoms. The Balaban J connectivity index is 1.27. The molecule has 29 heavy (non-hydrogen) atoms. The lowest BCUT2D eigenvalue weighted by Crippen LogP contribution is -2.37. The SMILES string of the molecule is O=C1c2ccccc2CN1C1CCN(c2ccc(C(O)c3ccccc3)cc2)C1. The van der Waals surface area contributed by atoms with E-state index < -0.39 is 6.10 Å². The Labute approximate surface area is 171 Å². The maximum Gasteiger partial charge on any atom is 0.254 e. The van der Waals surface area contributed by atoms with Gasteiger partial charge in [-0.15, -0.1) is 0 Å². The van der Waals surface area contributed by atoms with Crippen molar-refractivity contribution in [2.75, 3.05) is 18.0 Å². The highest BCUT2D eigenvalue weighted by atomic mass is 16.3. The van der Waals surface area contributed by atoms with E-state index in [9.17, 15) is 9.90 Å². The second kappa shape index (κ2) is 7.37. The minimum atomic E-state index is -0.614. The Kier molecular flexibility index (Phi) is 4.57. The van der Waals surface area contributed by atoms with Gasteiger partial charge in [0, 0.05) is 30.9 Å². The van der Waals surface area contributed by atoms with Crippen molar-refractivity contribution < 1.29 is 9.90 Å². The van der Waals surface area contributed by atoms with Gasteiger partial charge in [-0.25, -0.2) is 0 Å². The van der Waals surface area contributed by atoms with Gasteiger partial charge in [-0.3, -0.25) is 4.79 Å². The molecule has 0 aliphatic carbocycles. The van der Waals surface area contributed by atoms with Crippen LogP contribution < -0.4 is 4.90 Å². The third kappa shape index (κ3) is 3.30. The fourth-order valence-electron chi connectivity index (χ4n) is 4.50. The highest BCUT2D eigenvalue weighted by molar-refractivity contribution is 5.98. The molecule has 0 bridgehead atoms. The first-order valence-electron chi connectivity index (χ1n) is 10.2. The number of carbonyl (C=O) groups excluding carboxylic acids is 1. The topological polar surface area (TPSA) is 43.8 Å². The molecule has 1 fully saturated rings. The van der Waals surface area contributed by atoms with Crippen LogP contribution in [0.4, 0.5) is 5.69 Å². The van der Waals surface area contributed by atoms with Crippen molar-refractivity contribution in [2.45, 2.75) is 25.1 Å². The molecule has 0 aromatic heterocycles. The number of hydrogen-bond acceptors (Lipinski definition) is 3. The van der Waals surface area contributed by atoms with Gasteiger partial charge < -0.3 is 14.9 Å². The van der Waals surface area contributed by atoms with Crippen molar-refractivity contribution >= 4 is 11.6 Å². The molecule has 0 saturated carbocycles. The molecule has 146 valence electrons. The van der Waals surface area contributed by atoms with Crippen LogP contribution in [0.3, 0.4) is 0 Å².